The van der Waals surface area contributed by atoms with Crippen molar-refractivity contribution >= 4 is 11.9 Å². The van der Waals surface area contributed by atoms with Crippen LogP contribution in [0.15, 0.2) is 0 Å². The molecule has 1 rings (SSSR count). The molecule has 0 radical (unpaired) electrons. The van der Waals surface area contributed by atoms with Crippen LogP contribution in [0.4, 0.5) is 0 Å². The lowest BCUT2D eigenvalue weighted by molar-refractivity contribution is 0.0682. The van der Waals surface area contributed by atoms with Crippen LogP contribution in [0.25, 0.3) is 0 Å². The van der Waals surface area contributed by atoms with Gasteiger partial charge in [-0.25, -0.2) is 4.79 Å². The molecule has 1 aromatic rings. The fourth-order valence-corrected chi connectivity index (χ4v) is 2.50. The first-order valence-electron chi connectivity index (χ1n) is 7.58. The number of carbonyl (C=O) groups excluding carboxylic acids is 1. The molecule has 1 amide bonds. The Kier molecular flexibility index (Phi) is 6.00. The van der Waals surface area contributed by atoms with Crippen LogP contribution in [0.5, 0.6) is 0 Å². The average molecular weight is 294 g/mol. The summed E-state index contributed by atoms with van der Waals surface area (Å²) in [5, 5.41) is 9.16. The minimum absolute atomic E-state index is 0.0726. The SMILES string of the molecule is CCCCN(C(=O)c1c(C)[nH]c(C(=O)O)c1C)C(C)CC. The van der Waals surface area contributed by atoms with Crippen molar-refractivity contribution in [2.45, 2.75) is 59.9 Å². The van der Waals surface area contributed by atoms with Crippen molar-refractivity contribution < 1.29 is 14.7 Å². The number of rotatable bonds is 7. The molecule has 5 nitrogen and oxygen atoms in total. The Labute approximate surface area is 126 Å². The maximum atomic E-state index is 12.8. The van der Waals surface area contributed by atoms with Gasteiger partial charge in [0, 0.05) is 18.3 Å². The van der Waals surface area contributed by atoms with E-state index < -0.39 is 5.97 Å². The van der Waals surface area contributed by atoms with Gasteiger partial charge in [0.15, 0.2) is 0 Å². The first-order chi connectivity index (χ1) is 9.84. The highest BCUT2D eigenvalue weighted by Crippen LogP contribution is 2.22. The second-order valence-electron chi connectivity index (χ2n) is 5.54. The van der Waals surface area contributed by atoms with Crippen LogP contribution in [0.3, 0.4) is 0 Å². The molecule has 0 aliphatic heterocycles. The van der Waals surface area contributed by atoms with Gasteiger partial charge >= 0.3 is 5.97 Å². The van der Waals surface area contributed by atoms with E-state index in [2.05, 4.69) is 18.8 Å². The minimum Gasteiger partial charge on any atom is -0.477 e. The summed E-state index contributed by atoms with van der Waals surface area (Å²) in [5.74, 6) is -1.10. The quantitative estimate of drug-likeness (QED) is 0.809. The lowest BCUT2D eigenvalue weighted by atomic mass is 10.1. The molecule has 118 valence electrons. The number of unbranched alkanes of at least 4 members (excludes halogenated alkanes) is 1. The van der Waals surface area contributed by atoms with Gasteiger partial charge in [0.25, 0.3) is 5.91 Å². The molecule has 0 fully saturated rings. The fraction of sp³-hybridized carbons (Fsp3) is 0.625. The number of aromatic carboxylic acids is 1. The zero-order valence-electron chi connectivity index (χ0n) is 13.6. The minimum atomic E-state index is -1.03. The first kappa shape index (κ1) is 17.3. The van der Waals surface area contributed by atoms with Crippen LogP contribution < -0.4 is 0 Å². The number of hydrogen-bond acceptors (Lipinski definition) is 2. The number of nitrogens with zero attached hydrogens (tertiary/aromatic N) is 1. The maximum Gasteiger partial charge on any atom is 0.352 e. The Hall–Kier alpha value is -1.78. The highest BCUT2D eigenvalue weighted by molar-refractivity contribution is 6.01. The molecular formula is C16H26N2O3. The van der Waals surface area contributed by atoms with E-state index in [1.807, 2.05) is 11.8 Å². The lowest BCUT2D eigenvalue weighted by Gasteiger charge is -2.29. The third-order valence-electron chi connectivity index (χ3n) is 4.00. The largest absolute Gasteiger partial charge is 0.477 e. The second-order valence-corrected chi connectivity index (χ2v) is 5.54. The molecular weight excluding hydrogens is 268 g/mol. The number of hydrogen-bond donors (Lipinski definition) is 2. The van der Waals surface area contributed by atoms with Crippen LogP contribution in [-0.2, 0) is 0 Å². The van der Waals surface area contributed by atoms with Crippen LogP contribution >= 0.6 is 0 Å². The molecule has 0 aromatic carbocycles. The zero-order chi connectivity index (χ0) is 16.2. The number of aryl methyl sites for hydroxylation is 1. The topological polar surface area (TPSA) is 73.4 Å². The summed E-state index contributed by atoms with van der Waals surface area (Å²) in [4.78, 5) is 28.7. The Morgan fingerprint density at radius 3 is 2.33 bits per heavy atom. The standard InChI is InChI=1S/C16H26N2O3/c1-6-8-9-18(10(3)7-2)15(19)13-11(4)14(16(20)21)17-12(13)5/h10,17H,6-9H2,1-5H3,(H,20,21). The highest BCUT2D eigenvalue weighted by atomic mass is 16.4. The number of amides is 1. The van der Waals surface area contributed by atoms with Gasteiger partial charge in [-0.05, 0) is 39.2 Å². The third-order valence-corrected chi connectivity index (χ3v) is 4.00. The molecule has 0 aliphatic rings. The van der Waals surface area contributed by atoms with Gasteiger partial charge in [-0.2, -0.15) is 0 Å². The van der Waals surface area contributed by atoms with Crippen molar-refractivity contribution in [2.24, 2.45) is 0 Å². The monoisotopic (exact) mass is 294 g/mol. The molecule has 0 bridgehead atoms. The summed E-state index contributed by atoms with van der Waals surface area (Å²) in [5.41, 5.74) is 1.76. The Balaban J connectivity index is 3.17. The van der Waals surface area contributed by atoms with Gasteiger partial charge in [0.2, 0.25) is 0 Å². The molecule has 0 saturated carbocycles. The fourth-order valence-electron chi connectivity index (χ4n) is 2.50. The van der Waals surface area contributed by atoms with E-state index in [1.54, 1.807) is 13.8 Å². The average Bonchev–Trinajstić information content (AvgIpc) is 2.73. The smallest absolute Gasteiger partial charge is 0.352 e. The van der Waals surface area contributed by atoms with Crippen molar-refractivity contribution in [1.82, 2.24) is 9.88 Å². The van der Waals surface area contributed by atoms with Gasteiger partial charge < -0.3 is 15.0 Å². The van der Waals surface area contributed by atoms with Crippen molar-refractivity contribution in [3.05, 3.63) is 22.5 Å². The molecule has 0 spiro atoms. The molecule has 5 heteroatoms. The maximum absolute atomic E-state index is 12.8. The molecule has 1 unspecified atom stereocenters. The summed E-state index contributed by atoms with van der Waals surface area (Å²) < 4.78 is 0. The Morgan fingerprint density at radius 2 is 1.90 bits per heavy atom. The van der Waals surface area contributed by atoms with E-state index in [-0.39, 0.29) is 17.6 Å². The third kappa shape index (κ3) is 3.65. The van der Waals surface area contributed by atoms with E-state index in [4.69, 9.17) is 5.11 Å². The van der Waals surface area contributed by atoms with E-state index in [0.717, 1.165) is 19.3 Å². The number of aromatic nitrogens is 1. The van der Waals surface area contributed by atoms with Crippen LogP contribution in [0, 0.1) is 13.8 Å². The summed E-state index contributed by atoms with van der Waals surface area (Å²) in [6, 6.07) is 0.144. The zero-order valence-corrected chi connectivity index (χ0v) is 13.6. The highest BCUT2D eigenvalue weighted by Gasteiger charge is 2.27. The summed E-state index contributed by atoms with van der Waals surface area (Å²) in [6.45, 7) is 10.3. The normalized spacial score (nSPS) is 12.2. The summed E-state index contributed by atoms with van der Waals surface area (Å²) >= 11 is 0. The van der Waals surface area contributed by atoms with E-state index in [9.17, 15) is 9.59 Å². The lowest BCUT2D eigenvalue weighted by Crippen LogP contribution is -2.39. The van der Waals surface area contributed by atoms with Crippen LogP contribution in [0.2, 0.25) is 0 Å². The number of nitrogens with one attached hydrogen (secondary N) is 1. The molecule has 2 N–H and O–H groups in total. The van der Waals surface area contributed by atoms with E-state index in [0.29, 0.717) is 23.4 Å². The summed E-state index contributed by atoms with van der Waals surface area (Å²) in [7, 11) is 0. The number of carboxylic acids is 1. The van der Waals surface area contributed by atoms with Crippen molar-refractivity contribution in [3.63, 3.8) is 0 Å². The molecule has 21 heavy (non-hydrogen) atoms. The van der Waals surface area contributed by atoms with E-state index in [1.165, 1.54) is 0 Å². The van der Waals surface area contributed by atoms with Crippen molar-refractivity contribution in [3.8, 4) is 0 Å². The van der Waals surface area contributed by atoms with Gasteiger partial charge in [-0.15, -0.1) is 0 Å². The summed E-state index contributed by atoms with van der Waals surface area (Å²) in [6.07, 6.45) is 2.85. The van der Waals surface area contributed by atoms with Gasteiger partial charge in [-0.3, -0.25) is 4.79 Å². The second kappa shape index (κ2) is 7.29. The van der Waals surface area contributed by atoms with Gasteiger partial charge in [0.05, 0.1) is 5.56 Å². The van der Waals surface area contributed by atoms with Crippen molar-refractivity contribution in [2.75, 3.05) is 6.54 Å². The van der Waals surface area contributed by atoms with Gasteiger partial charge in [-0.1, -0.05) is 20.3 Å². The molecule has 1 aromatic heterocycles. The predicted octanol–water partition coefficient (Wildman–Crippen LogP) is 3.37. The Morgan fingerprint density at radius 1 is 1.29 bits per heavy atom. The molecule has 0 saturated heterocycles. The van der Waals surface area contributed by atoms with Gasteiger partial charge in [0.1, 0.15) is 5.69 Å². The molecule has 1 atom stereocenters. The Bertz CT molecular complexity index is 520. The van der Waals surface area contributed by atoms with Crippen LogP contribution in [-0.4, -0.2) is 39.5 Å². The number of H-pyrrole nitrogens is 1. The first-order valence-corrected chi connectivity index (χ1v) is 7.58. The number of carboxylic acid groups (broad SMARTS) is 1. The van der Waals surface area contributed by atoms with Crippen molar-refractivity contribution in [1.29, 1.82) is 0 Å². The number of carbonyl (C=O) groups is 2. The molecule has 1 heterocycles. The number of aromatic amines is 1. The predicted molar refractivity (Wildman–Crippen MR) is 82.9 cm³/mol. The van der Waals surface area contributed by atoms with E-state index >= 15 is 0 Å². The van der Waals surface area contributed by atoms with Crippen LogP contribution in [0.1, 0.15) is 72.1 Å². The molecule has 0 aliphatic carbocycles.